The average molecular weight is 335 g/mol. The predicted octanol–water partition coefficient (Wildman–Crippen LogP) is 2.56. The maximum absolute atomic E-state index is 13.6. The first-order valence-corrected chi connectivity index (χ1v) is 7.55. The fourth-order valence-electron chi connectivity index (χ4n) is 1.38. The Morgan fingerprint density at radius 1 is 1.56 bits per heavy atom. The molecule has 98 valence electrons. The minimum Gasteiger partial charge on any atom is -0.207 e. The number of nitriles is 1. The van der Waals surface area contributed by atoms with Gasteiger partial charge in [0.05, 0.1) is 6.07 Å². The van der Waals surface area contributed by atoms with E-state index in [1.54, 1.807) is 0 Å². The van der Waals surface area contributed by atoms with Crippen molar-refractivity contribution >= 4 is 26.0 Å². The molecule has 0 heterocycles. The van der Waals surface area contributed by atoms with Crippen molar-refractivity contribution in [3.63, 3.8) is 0 Å². The molecule has 7 heteroatoms. The Balaban J connectivity index is 3.03. The molecule has 0 aliphatic carbocycles. The third kappa shape index (κ3) is 3.77. The summed E-state index contributed by atoms with van der Waals surface area (Å²) in [5, 5.41) is 8.80. The standard InChI is InChI=1S/C11H12BrFN2O2S/c1-2-3-9(7-14)15-18(16,17)11-5-4-8(12)6-10(11)13/h4-6,9,15H,2-3H2,1H3. The Kier molecular flexibility index (Phi) is 5.26. The number of sulfonamides is 1. The van der Waals surface area contributed by atoms with Crippen LogP contribution in [-0.4, -0.2) is 14.5 Å². The predicted molar refractivity (Wildman–Crippen MR) is 68.7 cm³/mol. The molecule has 0 aromatic heterocycles. The van der Waals surface area contributed by atoms with Crippen molar-refractivity contribution in [2.45, 2.75) is 30.7 Å². The van der Waals surface area contributed by atoms with E-state index in [9.17, 15) is 12.8 Å². The van der Waals surface area contributed by atoms with Crippen LogP contribution in [0.3, 0.4) is 0 Å². The first-order chi connectivity index (χ1) is 8.40. The molecule has 0 bridgehead atoms. The Labute approximate surface area is 114 Å². The molecule has 0 amide bonds. The summed E-state index contributed by atoms with van der Waals surface area (Å²) in [5.74, 6) is -0.856. The van der Waals surface area contributed by atoms with Crippen LogP contribution in [0.2, 0.25) is 0 Å². The van der Waals surface area contributed by atoms with Crippen molar-refractivity contribution in [1.82, 2.24) is 4.72 Å². The second kappa shape index (κ2) is 6.27. The summed E-state index contributed by atoms with van der Waals surface area (Å²) in [6.07, 6.45) is 1.04. The van der Waals surface area contributed by atoms with Gasteiger partial charge in [0.1, 0.15) is 16.8 Å². The quantitative estimate of drug-likeness (QED) is 0.899. The highest BCUT2D eigenvalue weighted by Gasteiger charge is 2.22. The van der Waals surface area contributed by atoms with Gasteiger partial charge in [-0.1, -0.05) is 29.3 Å². The van der Waals surface area contributed by atoms with Gasteiger partial charge in [-0.05, 0) is 24.6 Å². The fraction of sp³-hybridized carbons (Fsp3) is 0.364. The number of hydrogen-bond acceptors (Lipinski definition) is 3. The SMILES string of the molecule is CCCC(C#N)NS(=O)(=O)c1ccc(Br)cc1F. The minimum atomic E-state index is -4.01. The zero-order valence-corrected chi connectivity index (χ0v) is 12.1. The zero-order chi connectivity index (χ0) is 13.8. The third-order valence-electron chi connectivity index (χ3n) is 2.21. The van der Waals surface area contributed by atoms with Gasteiger partial charge >= 0.3 is 0 Å². The second-order valence-electron chi connectivity index (χ2n) is 3.67. The minimum absolute atomic E-state index is 0.383. The molecule has 0 aliphatic heterocycles. The molecule has 1 rings (SSSR count). The smallest absolute Gasteiger partial charge is 0.207 e. The van der Waals surface area contributed by atoms with Crippen molar-refractivity contribution < 1.29 is 12.8 Å². The van der Waals surface area contributed by atoms with E-state index >= 15 is 0 Å². The Morgan fingerprint density at radius 3 is 2.72 bits per heavy atom. The first-order valence-electron chi connectivity index (χ1n) is 5.27. The lowest BCUT2D eigenvalue weighted by molar-refractivity contribution is 0.544. The average Bonchev–Trinajstić information content (AvgIpc) is 2.27. The summed E-state index contributed by atoms with van der Waals surface area (Å²) in [6, 6.07) is 4.64. The molecule has 1 aromatic carbocycles. The van der Waals surface area contributed by atoms with Gasteiger partial charge in [-0.25, -0.2) is 12.8 Å². The third-order valence-corrected chi connectivity index (χ3v) is 4.21. The van der Waals surface area contributed by atoms with Crippen molar-refractivity contribution in [2.75, 3.05) is 0 Å². The van der Waals surface area contributed by atoms with Crippen LogP contribution in [0.4, 0.5) is 4.39 Å². The summed E-state index contributed by atoms with van der Waals surface area (Å²) in [5.41, 5.74) is 0. The Hall–Kier alpha value is -0.970. The molecule has 0 aliphatic rings. The molecule has 0 saturated heterocycles. The molecule has 1 aromatic rings. The molecule has 0 fully saturated rings. The van der Waals surface area contributed by atoms with Crippen molar-refractivity contribution in [3.05, 3.63) is 28.5 Å². The van der Waals surface area contributed by atoms with E-state index in [2.05, 4.69) is 20.7 Å². The van der Waals surface area contributed by atoms with Crippen molar-refractivity contribution in [2.24, 2.45) is 0 Å². The number of rotatable bonds is 5. The molecular formula is C11H12BrFN2O2S. The van der Waals surface area contributed by atoms with E-state index in [4.69, 9.17) is 5.26 Å². The van der Waals surface area contributed by atoms with Crippen LogP contribution in [0.5, 0.6) is 0 Å². The zero-order valence-electron chi connectivity index (χ0n) is 9.65. The van der Waals surface area contributed by atoms with Gasteiger partial charge in [-0.3, -0.25) is 0 Å². The second-order valence-corrected chi connectivity index (χ2v) is 6.26. The number of nitrogens with zero attached hydrogens (tertiary/aromatic N) is 1. The molecule has 1 unspecified atom stereocenters. The normalized spacial score (nSPS) is 13.0. The summed E-state index contributed by atoms with van der Waals surface area (Å²) in [4.78, 5) is -0.456. The van der Waals surface area contributed by atoms with Gasteiger partial charge < -0.3 is 0 Å². The van der Waals surface area contributed by atoms with Gasteiger partial charge in [-0.2, -0.15) is 9.98 Å². The fourth-order valence-corrected chi connectivity index (χ4v) is 2.95. The van der Waals surface area contributed by atoms with Gasteiger partial charge in [-0.15, -0.1) is 0 Å². The largest absolute Gasteiger partial charge is 0.244 e. The molecular weight excluding hydrogens is 323 g/mol. The lowest BCUT2D eigenvalue weighted by atomic mass is 10.2. The van der Waals surface area contributed by atoms with Crippen molar-refractivity contribution in [1.29, 1.82) is 5.26 Å². The van der Waals surface area contributed by atoms with Gasteiger partial charge in [0.25, 0.3) is 0 Å². The van der Waals surface area contributed by atoms with E-state index in [1.165, 1.54) is 6.07 Å². The van der Waals surface area contributed by atoms with Crippen LogP contribution < -0.4 is 4.72 Å². The first kappa shape index (κ1) is 15.1. The van der Waals surface area contributed by atoms with Gasteiger partial charge in [0, 0.05) is 4.47 Å². The maximum atomic E-state index is 13.6. The lowest BCUT2D eigenvalue weighted by Crippen LogP contribution is -2.34. The van der Waals surface area contributed by atoms with Crippen molar-refractivity contribution in [3.8, 4) is 6.07 Å². The van der Waals surface area contributed by atoms with E-state index in [1.807, 2.05) is 13.0 Å². The molecule has 0 saturated carbocycles. The van der Waals surface area contributed by atoms with Gasteiger partial charge in [0.15, 0.2) is 0 Å². The lowest BCUT2D eigenvalue weighted by Gasteiger charge is -2.11. The Bertz CT molecular complexity index is 569. The summed E-state index contributed by atoms with van der Waals surface area (Å²) < 4.78 is 40.0. The van der Waals surface area contributed by atoms with E-state index < -0.39 is 26.8 Å². The molecule has 1 atom stereocenters. The number of halogens is 2. The highest BCUT2D eigenvalue weighted by molar-refractivity contribution is 9.10. The van der Waals surface area contributed by atoms with E-state index in [0.29, 0.717) is 17.3 Å². The highest BCUT2D eigenvalue weighted by Crippen LogP contribution is 2.19. The number of nitrogens with one attached hydrogen (secondary N) is 1. The molecule has 4 nitrogen and oxygen atoms in total. The molecule has 1 N–H and O–H groups in total. The highest BCUT2D eigenvalue weighted by atomic mass is 79.9. The van der Waals surface area contributed by atoms with Crippen LogP contribution in [0.15, 0.2) is 27.6 Å². The Morgan fingerprint density at radius 2 is 2.22 bits per heavy atom. The number of benzene rings is 1. The van der Waals surface area contributed by atoms with Crippen LogP contribution >= 0.6 is 15.9 Å². The monoisotopic (exact) mass is 334 g/mol. The molecule has 0 spiro atoms. The van der Waals surface area contributed by atoms with Crippen LogP contribution in [0.25, 0.3) is 0 Å². The maximum Gasteiger partial charge on any atom is 0.244 e. The van der Waals surface area contributed by atoms with Crippen LogP contribution in [0.1, 0.15) is 19.8 Å². The van der Waals surface area contributed by atoms with Crippen LogP contribution in [0, 0.1) is 17.1 Å². The summed E-state index contributed by atoms with van der Waals surface area (Å²) >= 11 is 3.04. The summed E-state index contributed by atoms with van der Waals surface area (Å²) in [7, 11) is -4.01. The summed E-state index contributed by atoms with van der Waals surface area (Å²) in [6.45, 7) is 1.83. The molecule has 0 radical (unpaired) electrons. The molecule has 18 heavy (non-hydrogen) atoms. The van der Waals surface area contributed by atoms with Gasteiger partial charge in [0.2, 0.25) is 10.0 Å². The van der Waals surface area contributed by atoms with Crippen LogP contribution in [-0.2, 0) is 10.0 Å². The topological polar surface area (TPSA) is 70.0 Å². The number of hydrogen-bond donors (Lipinski definition) is 1. The van der Waals surface area contributed by atoms with E-state index in [-0.39, 0.29) is 0 Å². The van der Waals surface area contributed by atoms with E-state index in [0.717, 1.165) is 12.1 Å².